The Hall–Kier alpha value is -3.16. The number of fused-ring (bicyclic) bond motifs is 1. The fourth-order valence-corrected chi connectivity index (χ4v) is 4.99. The Morgan fingerprint density at radius 1 is 1.12 bits per heavy atom. The highest BCUT2D eigenvalue weighted by molar-refractivity contribution is 6.07. The Morgan fingerprint density at radius 3 is 2.53 bits per heavy atom. The summed E-state index contributed by atoms with van der Waals surface area (Å²) >= 11 is 0. The molecule has 2 N–H and O–H groups in total. The van der Waals surface area contributed by atoms with Crippen LogP contribution in [0.2, 0.25) is 0 Å². The highest BCUT2D eigenvalue weighted by Gasteiger charge is 2.54. The smallest absolute Gasteiger partial charge is 0.274 e. The van der Waals surface area contributed by atoms with E-state index < -0.39 is 5.54 Å². The molecule has 2 aromatic rings. The summed E-state index contributed by atoms with van der Waals surface area (Å²) in [5.74, 6) is -0.782. The molecule has 2 heterocycles. The van der Waals surface area contributed by atoms with Crippen LogP contribution < -0.4 is 10.6 Å². The number of amides is 3. The Balaban J connectivity index is 1.39. The maximum Gasteiger partial charge on any atom is 0.274 e. The summed E-state index contributed by atoms with van der Waals surface area (Å²) < 4.78 is 1.67. The van der Waals surface area contributed by atoms with Crippen LogP contribution in [0.15, 0.2) is 36.7 Å². The van der Waals surface area contributed by atoms with E-state index in [2.05, 4.69) is 15.6 Å². The zero-order valence-corrected chi connectivity index (χ0v) is 18.3. The maximum atomic E-state index is 13.6. The molecule has 168 valence electrons. The molecule has 2 aliphatic carbocycles. The first-order valence-corrected chi connectivity index (χ1v) is 11.5. The van der Waals surface area contributed by atoms with Gasteiger partial charge >= 0.3 is 0 Å². The summed E-state index contributed by atoms with van der Waals surface area (Å²) in [5.41, 5.74) is 0.367. The molecule has 1 aliphatic heterocycles. The van der Waals surface area contributed by atoms with Crippen LogP contribution in [-0.4, -0.2) is 49.8 Å². The second kappa shape index (κ2) is 8.07. The molecule has 1 atom stereocenters. The van der Waals surface area contributed by atoms with E-state index >= 15 is 0 Å². The highest BCUT2D eigenvalue weighted by Crippen LogP contribution is 2.39. The Labute approximate surface area is 187 Å². The van der Waals surface area contributed by atoms with Gasteiger partial charge in [0.1, 0.15) is 11.2 Å². The summed E-state index contributed by atoms with van der Waals surface area (Å²) in [5, 5.41) is 6.03. The molecule has 3 amide bonds. The quantitative estimate of drug-likeness (QED) is 0.727. The van der Waals surface area contributed by atoms with Crippen molar-refractivity contribution < 1.29 is 14.4 Å². The second-order valence-corrected chi connectivity index (χ2v) is 9.37. The molecule has 1 unspecified atom stereocenters. The van der Waals surface area contributed by atoms with Crippen LogP contribution >= 0.6 is 0 Å². The number of carbonyl (C=O) groups is 3. The van der Waals surface area contributed by atoms with Crippen molar-refractivity contribution in [2.75, 3.05) is 0 Å². The first-order chi connectivity index (χ1) is 15.5. The van der Waals surface area contributed by atoms with Crippen LogP contribution in [-0.2, 0) is 17.9 Å². The number of hydrogen-bond acceptors (Lipinski definition) is 4. The van der Waals surface area contributed by atoms with Gasteiger partial charge in [0.15, 0.2) is 5.69 Å². The van der Waals surface area contributed by atoms with Crippen LogP contribution in [0.3, 0.4) is 0 Å². The van der Waals surface area contributed by atoms with Crippen molar-refractivity contribution in [2.24, 2.45) is 0 Å². The Kier molecular flexibility index (Phi) is 5.23. The number of benzene rings is 1. The van der Waals surface area contributed by atoms with Crippen molar-refractivity contribution in [1.82, 2.24) is 25.1 Å². The van der Waals surface area contributed by atoms with Crippen molar-refractivity contribution >= 4 is 17.7 Å². The van der Waals surface area contributed by atoms with Crippen LogP contribution in [0.5, 0.6) is 0 Å². The van der Waals surface area contributed by atoms with Crippen LogP contribution in [0.25, 0.3) is 0 Å². The van der Waals surface area contributed by atoms with Crippen molar-refractivity contribution in [2.45, 2.75) is 76.2 Å². The van der Waals surface area contributed by atoms with Crippen LogP contribution in [0.4, 0.5) is 0 Å². The zero-order valence-electron chi connectivity index (χ0n) is 18.3. The standard InChI is InChI=1S/C24H29N5O3/c1-24(23(32)27-17-9-5-6-10-17)14-28-15-26-19(20(28)22(31)29(24)18-11-12-18)21(30)25-13-16-7-3-2-4-8-16/h2-4,7-8,15,17-18H,5-6,9-14H2,1H3,(H,25,30)(H,27,32). The van der Waals surface area contributed by atoms with Gasteiger partial charge < -0.3 is 20.1 Å². The molecule has 5 rings (SSSR count). The number of nitrogens with zero attached hydrogens (tertiary/aromatic N) is 3. The summed E-state index contributed by atoms with van der Waals surface area (Å²) in [4.78, 5) is 45.8. The number of carbonyl (C=O) groups excluding carboxylic acids is 3. The van der Waals surface area contributed by atoms with Crippen molar-refractivity contribution in [3.05, 3.63) is 53.6 Å². The second-order valence-electron chi connectivity index (χ2n) is 9.37. The fourth-order valence-electron chi connectivity index (χ4n) is 4.99. The van der Waals surface area contributed by atoms with E-state index in [1.807, 2.05) is 37.3 Å². The molecule has 1 aromatic carbocycles. The first kappa shape index (κ1) is 20.7. The number of aromatic nitrogens is 2. The molecule has 32 heavy (non-hydrogen) atoms. The molecule has 0 radical (unpaired) electrons. The van der Waals surface area contributed by atoms with Gasteiger partial charge in [0.05, 0.1) is 12.9 Å². The largest absolute Gasteiger partial charge is 0.351 e. The summed E-state index contributed by atoms with van der Waals surface area (Å²) in [6, 6.07) is 9.81. The lowest BCUT2D eigenvalue weighted by atomic mass is 9.93. The van der Waals surface area contributed by atoms with E-state index in [1.54, 1.807) is 9.47 Å². The summed E-state index contributed by atoms with van der Waals surface area (Å²) in [7, 11) is 0. The molecule has 1 aromatic heterocycles. The molecule has 3 aliphatic rings. The highest BCUT2D eigenvalue weighted by atomic mass is 16.2. The van der Waals surface area contributed by atoms with Gasteiger partial charge in [-0.25, -0.2) is 4.98 Å². The van der Waals surface area contributed by atoms with Crippen molar-refractivity contribution in [3.8, 4) is 0 Å². The van der Waals surface area contributed by atoms with E-state index in [-0.39, 0.29) is 41.2 Å². The topological polar surface area (TPSA) is 96.3 Å². The van der Waals surface area contributed by atoms with Gasteiger partial charge in [-0.05, 0) is 38.2 Å². The maximum absolute atomic E-state index is 13.6. The number of hydrogen-bond donors (Lipinski definition) is 2. The molecule has 0 bridgehead atoms. The molecule has 0 saturated heterocycles. The zero-order chi connectivity index (χ0) is 22.3. The predicted molar refractivity (Wildman–Crippen MR) is 118 cm³/mol. The Bertz CT molecular complexity index is 1040. The molecule has 8 nitrogen and oxygen atoms in total. The van der Waals surface area contributed by atoms with E-state index in [0.717, 1.165) is 44.1 Å². The minimum atomic E-state index is -0.994. The molecule has 2 saturated carbocycles. The number of nitrogens with one attached hydrogen (secondary N) is 2. The normalized spacial score (nSPS) is 23.2. The fraction of sp³-hybridized carbons (Fsp3) is 0.500. The lowest BCUT2D eigenvalue weighted by Crippen LogP contribution is -2.65. The van der Waals surface area contributed by atoms with Gasteiger partial charge in [0, 0.05) is 18.6 Å². The van der Waals surface area contributed by atoms with Gasteiger partial charge in [-0.1, -0.05) is 43.2 Å². The Morgan fingerprint density at radius 2 is 1.84 bits per heavy atom. The van der Waals surface area contributed by atoms with Gasteiger partial charge in [-0.3, -0.25) is 14.4 Å². The minimum absolute atomic E-state index is 0.0331. The lowest BCUT2D eigenvalue weighted by Gasteiger charge is -2.44. The van der Waals surface area contributed by atoms with Crippen LogP contribution in [0.1, 0.15) is 72.0 Å². The van der Waals surface area contributed by atoms with Crippen molar-refractivity contribution in [3.63, 3.8) is 0 Å². The van der Waals surface area contributed by atoms with Gasteiger partial charge in [-0.15, -0.1) is 0 Å². The average molecular weight is 436 g/mol. The van der Waals surface area contributed by atoms with Crippen LogP contribution in [0, 0.1) is 0 Å². The SMILES string of the molecule is CC1(C(=O)NC2CCCC2)Cn2cnc(C(=O)NCc3ccccc3)c2C(=O)N1C1CC1. The molecular weight excluding hydrogens is 406 g/mol. The lowest BCUT2D eigenvalue weighted by molar-refractivity contribution is -0.134. The number of imidazole rings is 1. The van der Waals surface area contributed by atoms with E-state index in [0.29, 0.717) is 13.1 Å². The summed E-state index contributed by atoms with van der Waals surface area (Å²) in [6.45, 7) is 2.49. The molecule has 2 fully saturated rings. The van der Waals surface area contributed by atoms with E-state index in [1.165, 1.54) is 6.33 Å². The third kappa shape index (κ3) is 3.67. The monoisotopic (exact) mass is 435 g/mol. The molecule has 0 spiro atoms. The third-order valence-corrected chi connectivity index (χ3v) is 6.87. The third-order valence-electron chi connectivity index (χ3n) is 6.87. The first-order valence-electron chi connectivity index (χ1n) is 11.5. The average Bonchev–Trinajstić information content (AvgIpc) is 3.30. The molecule has 8 heteroatoms. The van der Waals surface area contributed by atoms with Gasteiger partial charge in [-0.2, -0.15) is 0 Å². The van der Waals surface area contributed by atoms with Gasteiger partial charge in [0.2, 0.25) is 5.91 Å². The summed E-state index contributed by atoms with van der Waals surface area (Å²) in [6.07, 6.45) is 7.49. The van der Waals surface area contributed by atoms with Crippen molar-refractivity contribution in [1.29, 1.82) is 0 Å². The predicted octanol–water partition coefficient (Wildman–Crippen LogP) is 2.25. The van der Waals surface area contributed by atoms with E-state index in [9.17, 15) is 14.4 Å². The van der Waals surface area contributed by atoms with Gasteiger partial charge in [0.25, 0.3) is 11.8 Å². The minimum Gasteiger partial charge on any atom is -0.351 e. The molecular formula is C24H29N5O3. The van der Waals surface area contributed by atoms with E-state index in [4.69, 9.17) is 0 Å². The number of rotatable bonds is 6.